The van der Waals surface area contributed by atoms with Crippen LogP contribution in [0.2, 0.25) is 48.2 Å². The van der Waals surface area contributed by atoms with E-state index in [4.69, 9.17) is 10.8 Å². The number of carboxylic acid groups (broad SMARTS) is 1. The standard InChI is InChI=1S/2C5H5.C3H7NO2S.Fe/c2*1-2-4-5-3-1;4-2(1-7)3(5)6;/h2*1-5H;2,7H,1,4H2,(H,5,6);/t;;2-;/m..0./s1. The third-order valence-electron chi connectivity index (χ3n) is 15.1. The zero-order valence-electron chi connectivity index (χ0n) is 9.79. The summed E-state index contributed by atoms with van der Waals surface area (Å²) in [6.45, 7) is -2.28. The van der Waals surface area contributed by atoms with E-state index in [1.807, 2.05) is 0 Å². The third-order valence-corrected chi connectivity index (χ3v) is 57.4. The minimum atomic E-state index is -2.28. The van der Waals surface area contributed by atoms with Crippen LogP contribution in [0.4, 0.5) is 0 Å². The van der Waals surface area contributed by atoms with Gasteiger partial charge in [0.15, 0.2) is 0 Å². The molecule has 0 aliphatic carbocycles. The van der Waals surface area contributed by atoms with Crippen LogP contribution in [0.5, 0.6) is 0 Å². The second-order valence-corrected chi connectivity index (χ2v) is 35.0. The molecule has 10 saturated heterocycles. The maximum absolute atomic E-state index is 9.76. The fourth-order valence-corrected chi connectivity index (χ4v) is 88.2. The first-order valence-electron chi connectivity index (χ1n) is 7.15. The number of fused-ring (bicyclic) bond motifs is 10. The molecule has 100 valence electrons. The molecule has 10 aliphatic rings. The summed E-state index contributed by atoms with van der Waals surface area (Å²) in [5.74, 6) is -0.815. The molecule has 5 heteroatoms. The molecule has 0 aromatic heterocycles. The molecule has 0 radical (unpaired) electrons. The van der Waals surface area contributed by atoms with Crippen LogP contribution in [-0.2, 0) is 11.3 Å². The molecule has 3 nitrogen and oxygen atoms in total. The monoisotopic (exact) mass is 307 g/mol. The number of hydrogen-bond acceptors (Lipinski definition) is 3. The molecule has 18 heavy (non-hydrogen) atoms. The van der Waals surface area contributed by atoms with Crippen molar-refractivity contribution in [1.82, 2.24) is 0 Å². The van der Waals surface area contributed by atoms with Gasteiger partial charge in [-0.15, -0.1) is 0 Å². The summed E-state index contributed by atoms with van der Waals surface area (Å²) >= 11 is 3.65. The predicted octanol–water partition coefficient (Wildman–Crippen LogP) is 2.70. The first-order valence-corrected chi connectivity index (χ1v) is 14.2. The maximum atomic E-state index is 9.76. The van der Waals surface area contributed by atoms with Crippen molar-refractivity contribution in [1.29, 1.82) is 0 Å². The van der Waals surface area contributed by atoms with Crippen LogP contribution < -0.4 is 5.73 Å². The summed E-state index contributed by atoms with van der Waals surface area (Å²) in [6, 6.07) is -0.816. The van der Waals surface area contributed by atoms with Gasteiger partial charge in [0.1, 0.15) is 6.04 Å². The van der Waals surface area contributed by atoms with Crippen molar-refractivity contribution in [2.24, 2.45) is 5.73 Å². The molecule has 10 aliphatic heterocycles. The first-order chi connectivity index (χ1) is 8.34. The number of nitrogens with two attached hydrogens (primary N) is 1. The second kappa shape index (κ2) is 0.679. The van der Waals surface area contributed by atoms with E-state index in [1.54, 1.807) is 48.2 Å². The molecule has 0 amide bonds. The van der Waals surface area contributed by atoms with Crippen LogP contribution in [0.3, 0.4) is 0 Å². The molecule has 10 rings (SSSR count). The Hall–Kier alpha value is 0.299. The average molecular weight is 307 g/mol. The number of aliphatic carboxylic acids is 1. The SMILES string of the molecule is N[C@@H](CS)C(=O)O.[CH]12[CH]3[CH]4[CH]5[CH]1[Fe]23451678[CH]2[CH]1[CH]6[CH]7[CH]28. The van der Waals surface area contributed by atoms with Gasteiger partial charge in [-0.1, -0.05) is 0 Å². The number of rotatable bonds is 2. The Labute approximate surface area is 101 Å². The molecule has 1 spiro atoms. The van der Waals surface area contributed by atoms with E-state index in [0.29, 0.717) is 0 Å². The van der Waals surface area contributed by atoms with Crippen LogP contribution in [-0.4, -0.2) is 22.9 Å². The summed E-state index contributed by atoms with van der Waals surface area (Å²) in [6.07, 6.45) is 0. The minimum absolute atomic E-state index is 0.190. The summed E-state index contributed by atoms with van der Waals surface area (Å²) in [4.78, 5) is 25.7. The van der Waals surface area contributed by atoms with Gasteiger partial charge in [-0.3, -0.25) is 4.79 Å². The molecular weight excluding hydrogens is 290 g/mol. The van der Waals surface area contributed by atoms with Gasteiger partial charge in [-0.25, -0.2) is 0 Å². The summed E-state index contributed by atoms with van der Waals surface area (Å²) in [5, 5.41) is 8.01. The number of carbonyl (C=O) groups is 1. The Morgan fingerprint density at radius 2 is 1.28 bits per heavy atom. The fraction of sp³-hybridized carbons (Fsp3) is 0.923. The average Bonchev–Trinajstić information content (AvgIpc) is 3.30. The van der Waals surface area contributed by atoms with Gasteiger partial charge < -0.3 is 10.8 Å². The Morgan fingerprint density at radius 1 is 1.00 bits per heavy atom. The molecule has 1 atom stereocenters. The summed E-state index contributed by atoms with van der Waals surface area (Å²) < 4.78 is 0. The number of carboxylic acids is 1. The van der Waals surface area contributed by atoms with Gasteiger partial charge in [0.05, 0.1) is 0 Å². The van der Waals surface area contributed by atoms with E-state index in [0.717, 1.165) is 0 Å². The third kappa shape index (κ3) is 0.0896. The molecule has 0 saturated carbocycles. The normalized spacial score (nSPS) is 110. The zero-order valence-corrected chi connectivity index (χ0v) is 11.8. The van der Waals surface area contributed by atoms with E-state index in [-0.39, 0.29) is 5.75 Å². The van der Waals surface area contributed by atoms with Crippen molar-refractivity contribution >= 4 is 18.6 Å². The Morgan fingerprint density at radius 3 is 1.28 bits per heavy atom. The fourth-order valence-electron chi connectivity index (χ4n) is 15.9. The van der Waals surface area contributed by atoms with Gasteiger partial charge in [0.25, 0.3) is 0 Å². The van der Waals surface area contributed by atoms with E-state index in [9.17, 15) is 4.79 Å². The van der Waals surface area contributed by atoms with Crippen LogP contribution in [0, 0.1) is 0 Å². The molecule has 0 bridgehead atoms. The van der Waals surface area contributed by atoms with E-state index in [2.05, 4.69) is 12.6 Å². The van der Waals surface area contributed by atoms with Crippen molar-refractivity contribution in [3.63, 3.8) is 0 Å². The molecule has 10 heterocycles. The van der Waals surface area contributed by atoms with Crippen molar-refractivity contribution in [3.05, 3.63) is 0 Å². The molecule has 0 unspecified atom stereocenters. The first kappa shape index (κ1) is 7.92. The molecule has 0 aromatic carbocycles. The van der Waals surface area contributed by atoms with Gasteiger partial charge in [-0.05, 0) is 0 Å². The quantitative estimate of drug-likeness (QED) is 0.543. The number of thiol groups is 1. The van der Waals surface area contributed by atoms with Crippen molar-refractivity contribution in [3.8, 4) is 0 Å². The summed E-state index contributed by atoms with van der Waals surface area (Å²) in [7, 11) is 0. The van der Waals surface area contributed by atoms with Crippen molar-refractivity contribution < 1.29 is 16.4 Å². The second-order valence-electron chi connectivity index (χ2n) is 10.7. The van der Waals surface area contributed by atoms with E-state index in [1.165, 1.54) is 0 Å². The van der Waals surface area contributed by atoms with Crippen molar-refractivity contribution in [2.45, 2.75) is 54.2 Å². The van der Waals surface area contributed by atoms with E-state index < -0.39 is 18.5 Å². The van der Waals surface area contributed by atoms with Crippen molar-refractivity contribution in [2.75, 3.05) is 5.75 Å². The van der Waals surface area contributed by atoms with Gasteiger partial charge >= 0.3 is 60.6 Å². The van der Waals surface area contributed by atoms with Gasteiger partial charge in [0.2, 0.25) is 0 Å². The molecule has 3 N–H and O–H groups in total. The summed E-state index contributed by atoms with van der Waals surface area (Å²) in [5.41, 5.74) is 4.94. The molecular formula is C13H17FeNO2S. The Bertz CT molecular complexity index is 744. The topological polar surface area (TPSA) is 63.3 Å². The van der Waals surface area contributed by atoms with Crippen LogP contribution in [0.15, 0.2) is 0 Å². The zero-order chi connectivity index (χ0) is 12.0. The van der Waals surface area contributed by atoms with Crippen LogP contribution >= 0.6 is 12.6 Å². The Balaban J connectivity index is 0.0000000885. The van der Waals surface area contributed by atoms with E-state index >= 15 is 0 Å². The van der Waals surface area contributed by atoms with Gasteiger partial charge in [0, 0.05) is 5.75 Å². The molecule has 0 aromatic rings. The number of hydrogen-bond donors (Lipinski definition) is 3. The van der Waals surface area contributed by atoms with Crippen LogP contribution in [0.1, 0.15) is 0 Å². The predicted molar refractivity (Wildman–Crippen MR) is 67.0 cm³/mol. The molecule has 10 fully saturated rings. The Kier molecular flexibility index (Phi) is 0.298. The van der Waals surface area contributed by atoms with Crippen LogP contribution in [0.25, 0.3) is 0 Å². The van der Waals surface area contributed by atoms with Gasteiger partial charge in [-0.2, -0.15) is 12.6 Å².